The van der Waals surface area contributed by atoms with Crippen molar-refractivity contribution in [2.24, 2.45) is 5.73 Å². The number of hydrogen-bond acceptors (Lipinski definition) is 2. The summed E-state index contributed by atoms with van der Waals surface area (Å²) >= 11 is 0. The fourth-order valence-electron chi connectivity index (χ4n) is 2.41. The van der Waals surface area contributed by atoms with Crippen LogP contribution in [0, 0.1) is 0 Å². The second-order valence-corrected chi connectivity index (χ2v) is 5.13. The zero-order valence-electron chi connectivity index (χ0n) is 10.6. The predicted molar refractivity (Wildman–Crippen MR) is 67.6 cm³/mol. The monoisotopic (exact) mass is 235 g/mol. The van der Waals surface area contributed by atoms with E-state index in [1.54, 1.807) is 0 Å². The minimum atomic E-state index is 0.0564. The van der Waals surface area contributed by atoms with Crippen molar-refractivity contribution in [3.63, 3.8) is 0 Å². The Morgan fingerprint density at radius 1 is 1.59 bits per heavy atom. The van der Waals surface area contributed by atoms with Gasteiger partial charge in [0.25, 0.3) is 0 Å². The van der Waals surface area contributed by atoms with Gasteiger partial charge in [0.05, 0.1) is 0 Å². The number of rotatable bonds is 3. The van der Waals surface area contributed by atoms with Crippen molar-refractivity contribution in [2.75, 3.05) is 0 Å². The summed E-state index contributed by atoms with van der Waals surface area (Å²) in [6, 6.07) is 0.336. The van der Waals surface area contributed by atoms with E-state index in [-0.39, 0.29) is 18.0 Å². The van der Waals surface area contributed by atoms with E-state index in [1.165, 1.54) is 11.1 Å². The Morgan fingerprint density at radius 3 is 3.00 bits per heavy atom. The van der Waals surface area contributed by atoms with Gasteiger partial charge in [-0.3, -0.25) is 4.79 Å². The second kappa shape index (κ2) is 4.92. The quantitative estimate of drug-likeness (QED) is 0.830. The molecule has 0 aliphatic heterocycles. The summed E-state index contributed by atoms with van der Waals surface area (Å²) in [4.78, 5) is 11.7. The van der Waals surface area contributed by atoms with Gasteiger partial charge in [0.1, 0.15) is 6.54 Å². The lowest BCUT2D eigenvalue weighted by Crippen LogP contribution is -2.32. The molecule has 0 bridgehead atoms. The molecule has 1 amide bonds. The number of aromatic nitrogens is 1. The Hall–Kier alpha value is -1.29. The summed E-state index contributed by atoms with van der Waals surface area (Å²) in [7, 11) is 0. The molecular weight excluding hydrogens is 214 g/mol. The molecule has 1 aromatic heterocycles. The topological polar surface area (TPSA) is 60.0 Å². The van der Waals surface area contributed by atoms with E-state index in [2.05, 4.69) is 11.5 Å². The predicted octanol–water partition coefficient (Wildman–Crippen LogP) is 1.35. The van der Waals surface area contributed by atoms with Gasteiger partial charge in [-0.15, -0.1) is 0 Å². The lowest BCUT2D eigenvalue weighted by Gasteiger charge is -2.17. The molecule has 0 aromatic carbocycles. The lowest BCUT2D eigenvalue weighted by molar-refractivity contribution is -0.122. The van der Waals surface area contributed by atoms with Crippen LogP contribution in [0.4, 0.5) is 0 Å². The van der Waals surface area contributed by atoms with Gasteiger partial charge in [0.15, 0.2) is 0 Å². The van der Waals surface area contributed by atoms with Gasteiger partial charge in [-0.25, -0.2) is 0 Å². The van der Waals surface area contributed by atoms with E-state index < -0.39 is 0 Å². The minimum absolute atomic E-state index is 0.0564. The van der Waals surface area contributed by atoms with Crippen molar-refractivity contribution >= 4 is 5.91 Å². The first-order chi connectivity index (χ1) is 8.06. The summed E-state index contributed by atoms with van der Waals surface area (Å²) in [5.41, 5.74) is 8.58. The third-order valence-electron chi connectivity index (χ3n) is 3.13. The van der Waals surface area contributed by atoms with E-state index in [0.717, 1.165) is 19.3 Å². The van der Waals surface area contributed by atoms with Crippen LogP contribution in [0.3, 0.4) is 0 Å². The molecule has 1 aromatic rings. The van der Waals surface area contributed by atoms with Crippen LogP contribution in [0.5, 0.6) is 0 Å². The Kier molecular flexibility index (Phi) is 3.52. The van der Waals surface area contributed by atoms with Crippen molar-refractivity contribution < 1.29 is 4.79 Å². The highest BCUT2D eigenvalue weighted by molar-refractivity contribution is 5.76. The average Bonchev–Trinajstić information content (AvgIpc) is 2.60. The van der Waals surface area contributed by atoms with Gasteiger partial charge in [-0.05, 0) is 44.2 Å². The summed E-state index contributed by atoms with van der Waals surface area (Å²) in [6.45, 7) is 4.32. The number of carbonyl (C=O) groups excluding carboxylic acids is 1. The molecule has 2 rings (SSSR count). The van der Waals surface area contributed by atoms with Crippen LogP contribution < -0.4 is 11.1 Å². The smallest absolute Gasteiger partial charge is 0.240 e. The largest absolute Gasteiger partial charge is 0.352 e. The highest BCUT2D eigenvalue weighted by atomic mass is 16.2. The number of aryl methyl sites for hydroxylation is 1. The van der Waals surface area contributed by atoms with Crippen molar-refractivity contribution in [1.82, 2.24) is 9.88 Å². The number of nitrogens with zero attached hydrogens (tertiary/aromatic N) is 1. The Bertz CT molecular complexity index is 409. The van der Waals surface area contributed by atoms with Gasteiger partial charge >= 0.3 is 0 Å². The summed E-state index contributed by atoms with van der Waals surface area (Å²) in [5.74, 6) is 0.0564. The normalized spacial score (nSPS) is 19.2. The Balaban J connectivity index is 2.05. The van der Waals surface area contributed by atoms with Crippen molar-refractivity contribution in [3.8, 4) is 0 Å². The van der Waals surface area contributed by atoms with Gasteiger partial charge in [0.2, 0.25) is 5.91 Å². The zero-order chi connectivity index (χ0) is 12.4. The van der Waals surface area contributed by atoms with Crippen LogP contribution in [0.1, 0.15) is 43.9 Å². The molecule has 1 aliphatic carbocycles. The lowest BCUT2D eigenvalue weighted by atomic mass is 9.92. The molecule has 1 heterocycles. The second-order valence-electron chi connectivity index (χ2n) is 5.13. The average molecular weight is 235 g/mol. The van der Waals surface area contributed by atoms with Crippen molar-refractivity contribution in [2.45, 2.75) is 51.7 Å². The van der Waals surface area contributed by atoms with Gasteiger partial charge < -0.3 is 15.6 Å². The Morgan fingerprint density at radius 2 is 2.35 bits per heavy atom. The number of fused-ring (bicyclic) bond motifs is 1. The van der Waals surface area contributed by atoms with E-state index in [0.29, 0.717) is 6.54 Å². The third-order valence-corrected chi connectivity index (χ3v) is 3.13. The molecule has 0 fully saturated rings. The molecule has 4 heteroatoms. The standard InChI is InChI=1S/C13H21N3O/c1-9(2)15-13(17)8-16-6-10-4-3-5-12(14)11(10)7-16/h6-7,9,12H,3-5,8,14H2,1-2H3,(H,15,17). The fourth-order valence-corrected chi connectivity index (χ4v) is 2.41. The number of amides is 1. The molecule has 0 radical (unpaired) electrons. The first kappa shape index (κ1) is 12.2. The van der Waals surface area contributed by atoms with Crippen LogP contribution in [0.25, 0.3) is 0 Å². The maximum atomic E-state index is 11.7. The zero-order valence-corrected chi connectivity index (χ0v) is 10.6. The SMILES string of the molecule is CC(C)NC(=O)Cn1cc2c(c1)C(N)CCC2. The van der Waals surface area contributed by atoms with Crippen molar-refractivity contribution in [1.29, 1.82) is 0 Å². The van der Waals surface area contributed by atoms with Gasteiger partial charge in [0, 0.05) is 24.5 Å². The van der Waals surface area contributed by atoms with Gasteiger partial charge in [-0.1, -0.05) is 0 Å². The van der Waals surface area contributed by atoms with Crippen LogP contribution in [-0.2, 0) is 17.8 Å². The molecule has 1 unspecified atom stereocenters. The molecule has 17 heavy (non-hydrogen) atoms. The van der Waals surface area contributed by atoms with Crippen LogP contribution >= 0.6 is 0 Å². The molecule has 1 atom stereocenters. The van der Waals surface area contributed by atoms with Gasteiger partial charge in [-0.2, -0.15) is 0 Å². The molecule has 1 aliphatic rings. The molecular formula is C13H21N3O. The Labute approximate surface area is 102 Å². The number of nitrogens with one attached hydrogen (secondary N) is 1. The maximum absolute atomic E-state index is 11.7. The molecule has 94 valence electrons. The fraction of sp³-hybridized carbons (Fsp3) is 0.615. The summed E-state index contributed by atoms with van der Waals surface area (Å²) < 4.78 is 1.95. The van der Waals surface area contributed by atoms with Crippen LogP contribution in [0.2, 0.25) is 0 Å². The first-order valence-corrected chi connectivity index (χ1v) is 6.29. The molecule has 0 spiro atoms. The first-order valence-electron chi connectivity index (χ1n) is 6.29. The van der Waals surface area contributed by atoms with E-state index in [9.17, 15) is 4.79 Å². The van der Waals surface area contributed by atoms with E-state index in [1.807, 2.05) is 24.6 Å². The molecule has 0 saturated heterocycles. The number of hydrogen-bond donors (Lipinski definition) is 2. The van der Waals surface area contributed by atoms with Crippen LogP contribution in [-0.4, -0.2) is 16.5 Å². The van der Waals surface area contributed by atoms with Crippen LogP contribution in [0.15, 0.2) is 12.4 Å². The van der Waals surface area contributed by atoms with Crippen molar-refractivity contribution in [3.05, 3.63) is 23.5 Å². The maximum Gasteiger partial charge on any atom is 0.240 e. The molecule has 0 saturated carbocycles. The van der Waals surface area contributed by atoms with E-state index in [4.69, 9.17) is 5.73 Å². The highest BCUT2D eigenvalue weighted by Crippen LogP contribution is 2.28. The summed E-state index contributed by atoms with van der Waals surface area (Å²) in [6.07, 6.45) is 7.38. The minimum Gasteiger partial charge on any atom is -0.352 e. The number of nitrogens with two attached hydrogens (primary N) is 1. The molecule has 3 N–H and O–H groups in total. The van der Waals surface area contributed by atoms with E-state index >= 15 is 0 Å². The highest BCUT2D eigenvalue weighted by Gasteiger charge is 2.19. The number of carbonyl (C=O) groups is 1. The molecule has 4 nitrogen and oxygen atoms in total. The third kappa shape index (κ3) is 2.88. The summed E-state index contributed by atoms with van der Waals surface area (Å²) in [5, 5.41) is 2.89.